The van der Waals surface area contributed by atoms with Gasteiger partial charge >= 0.3 is 0 Å². The average molecular weight is 198 g/mol. The Balaban J connectivity index is 2.11. The molecule has 0 aromatic heterocycles. The highest BCUT2D eigenvalue weighted by Crippen LogP contribution is 2.33. The fourth-order valence-electron chi connectivity index (χ4n) is 1.65. The summed E-state index contributed by atoms with van der Waals surface area (Å²) in [6.45, 7) is 4.68. The van der Waals surface area contributed by atoms with Crippen molar-refractivity contribution < 1.29 is 4.79 Å². The van der Waals surface area contributed by atoms with Gasteiger partial charge in [0.1, 0.15) is 0 Å². The van der Waals surface area contributed by atoms with Crippen LogP contribution in [0, 0.1) is 11.8 Å². The number of nitrogens with one attached hydrogen (secondary N) is 1. The minimum Gasteiger partial charge on any atom is -0.354 e. The molecule has 0 bridgehead atoms. The van der Waals surface area contributed by atoms with Gasteiger partial charge in [-0.1, -0.05) is 19.8 Å². The van der Waals surface area contributed by atoms with Gasteiger partial charge in [-0.2, -0.15) is 0 Å². The maximum atomic E-state index is 11.5. The lowest BCUT2D eigenvalue weighted by Gasteiger charge is -2.15. The number of rotatable bonds is 6. The molecule has 1 saturated carbocycles. The van der Waals surface area contributed by atoms with E-state index in [-0.39, 0.29) is 5.91 Å². The minimum absolute atomic E-state index is 0.149. The summed E-state index contributed by atoms with van der Waals surface area (Å²) in [4.78, 5) is 11.5. The van der Waals surface area contributed by atoms with Crippen LogP contribution in [-0.2, 0) is 4.79 Å². The average Bonchev–Trinajstić information content (AvgIpc) is 2.87. The first kappa shape index (κ1) is 11.5. The van der Waals surface area contributed by atoms with Gasteiger partial charge < -0.3 is 11.1 Å². The van der Waals surface area contributed by atoms with Crippen molar-refractivity contribution in [3.05, 3.63) is 0 Å². The molecule has 0 saturated heterocycles. The molecular weight excluding hydrogens is 176 g/mol. The van der Waals surface area contributed by atoms with Gasteiger partial charge in [0.25, 0.3) is 0 Å². The van der Waals surface area contributed by atoms with Crippen molar-refractivity contribution >= 4 is 5.91 Å². The third-order valence-electron chi connectivity index (χ3n) is 2.73. The molecule has 1 aliphatic carbocycles. The van der Waals surface area contributed by atoms with Crippen molar-refractivity contribution in [2.75, 3.05) is 6.54 Å². The van der Waals surface area contributed by atoms with Crippen LogP contribution < -0.4 is 11.1 Å². The van der Waals surface area contributed by atoms with Crippen LogP contribution >= 0.6 is 0 Å². The SMILES string of the molecule is CC(CN)CC(=O)NC(C)CC1CC1. The van der Waals surface area contributed by atoms with Crippen molar-refractivity contribution in [3.63, 3.8) is 0 Å². The lowest BCUT2D eigenvalue weighted by molar-refractivity contribution is -0.122. The Morgan fingerprint density at radius 2 is 2.14 bits per heavy atom. The molecule has 3 heteroatoms. The molecule has 0 aromatic rings. The van der Waals surface area contributed by atoms with Crippen LogP contribution in [-0.4, -0.2) is 18.5 Å². The van der Waals surface area contributed by atoms with Gasteiger partial charge in [-0.15, -0.1) is 0 Å². The topological polar surface area (TPSA) is 55.1 Å². The Morgan fingerprint density at radius 3 is 2.64 bits per heavy atom. The predicted molar refractivity (Wildman–Crippen MR) is 57.8 cm³/mol. The summed E-state index contributed by atoms with van der Waals surface area (Å²) < 4.78 is 0. The molecule has 3 N–H and O–H groups in total. The maximum Gasteiger partial charge on any atom is 0.220 e. The van der Waals surface area contributed by atoms with E-state index >= 15 is 0 Å². The normalized spacial score (nSPS) is 20.2. The van der Waals surface area contributed by atoms with Crippen LogP contribution in [0.15, 0.2) is 0 Å². The number of carbonyl (C=O) groups is 1. The quantitative estimate of drug-likeness (QED) is 0.675. The van der Waals surface area contributed by atoms with Crippen LogP contribution in [0.25, 0.3) is 0 Å². The first-order valence-corrected chi connectivity index (χ1v) is 5.61. The fourth-order valence-corrected chi connectivity index (χ4v) is 1.65. The van der Waals surface area contributed by atoms with E-state index in [1.54, 1.807) is 0 Å². The summed E-state index contributed by atoms with van der Waals surface area (Å²) in [7, 11) is 0. The molecule has 0 aromatic carbocycles. The van der Waals surface area contributed by atoms with E-state index in [9.17, 15) is 4.79 Å². The Bertz CT molecular complexity index is 190. The van der Waals surface area contributed by atoms with Crippen molar-refractivity contribution in [1.29, 1.82) is 0 Å². The van der Waals surface area contributed by atoms with Gasteiger partial charge in [-0.25, -0.2) is 0 Å². The first-order valence-electron chi connectivity index (χ1n) is 5.61. The molecular formula is C11H22N2O. The molecule has 0 heterocycles. The molecule has 0 aliphatic heterocycles. The Labute approximate surface area is 86.4 Å². The highest BCUT2D eigenvalue weighted by molar-refractivity contribution is 5.76. The zero-order valence-electron chi connectivity index (χ0n) is 9.25. The molecule has 2 unspecified atom stereocenters. The van der Waals surface area contributed by atoms with Gasteiger partial charge in [-0.05, 0) is 31.7 Å². The third-order valence-corrected chi connectivity index (χ3v) is 2.73. The van der Waals surface area contributed by atoms with Gasteiger partial charge in [0, 0.05) is 12.5 Å². The van der Waals surface area contributed by atoms with E-state index < -0.39 is 0 Å². The standard InChI is InChI=1S/C11H22N2O/c1-8(7-12)5-11(14)13-9(2)6-10-3-4-10/h8-10H,3-7,12H2,1-2H3,(H,13,14). The van der Waals surface area contributed by atoms with Crippen LogP contribution in [0.4, 0.5) is 0 Å². The number of nitrogens with two attached hydrogens (primary N) is 1. The summed E-state index contributed by atoms with van der Waals surface area (Å²) in [5, 5.41) is 3.02. The fraction of sp³-hybridized carbons (Fsp3) is 0.909. The zero-order valence-corrected chi connectivity index (χ0v) is 9.25. The van der Waals surface area contributed by atoms with Gasteiger partial charge in [0.15, 0.2) is 0 Å². The molecule has 3 nitrogen and oxygen atoms in total. The Morgan fingerprint density at radius 1 is 1.50 bits per heavy atom. The van der Waals surface area contributed by atoms with E-state index in [1.807, 2.05) is 6.92 Å². The molecule has 1 fully saturated rings. The maximum absolute atomic E-state index is 11.5. The van der Waals surface area contributed by atoms with Crippen molar-refractivity contribution in [1.82, 2.24) is 5.32 Å². The molecule has 0 radical (unpaired) electrons. The minimum atomic E-state index is 0.149. The second kappa shape index (κ2) is 5.35. The number of hydrogen-bond donors (Lipinski definition) is 2. The van der Waals surface area contributed by atoms with Crippen LogP contribution in [0.1, 0.15) is 39.5 Å². The van der Waals surface area contributed by atoms with Gasteiger partial charge in [0.05, 0.1) is 0 Å². The summed E-state index contributed by atoms with van der Waals surface area (Å²) >= 11 is 0. The lowest BCUT2D eigenvalue weighted by Crippen LogP contribution is -2.34. The molecule has 0 spiro atoms. The summed E-state index contributed by atoms with van der Waals surface area (Å²) in [6.07, 6.45) is 4.40. The van der Waals surface area contributed by atoms with Gasteiger partial charge in [-0.3, -0.25) is 4.79 Å². The van der Waals surface area contributed by atoms with Crippen molar-refractivity contribution in [3.8, 4) is 0 Å². The zero-order chi connectivity index (χ0) is 10.6. The van der Waals surface area contributed by atoms with E-state index in [2.05, 4.69) is 12.2 Å². The number of carbonyl (C=O) groups excluding carboxylic acids is 1. The second-order valence-electron chi connectivity index (χ2n) is 4.69. The molecule has 1 amide bonds. The largest absolute Gasteiger partial charge is 0.354 e. The summed E-state index contributed by atoms with van der Waals surface area (Å²) in [5.74, 6) is 1.32. The first-order chi connectivity index (χ1) is 6.61. The van der Waals surface area contributed by atoms with E-state index in [4.69, 9.17) is 5.73 Å². The third kappa shape index (κ3) is 4.61. The van der Waals surface area contributed by atoms with Gasteiger partial charge in [0.2, 0.25) is 5.91 Å². The van der Waals surface area contributed by atoms with E-state index in [1.165, 1.54) is 12.8 Å². The molecule has 2 atom stereocenters. The number of hydrogen-bond acceptors (Lipinski definition) is 2. The highest BCUT2D eigenvalue weighted by Gasteiger charge is 2.24. The Hall–Kier alpha value is -0.570. The molecule has 1 aliphatic rings. The summed E-state index contributed by atoms with van der Waals surface area (Å²) in [6, 6.07) is 0.333. The number of amides is 1. The predicted octanol–water partition coefficient (Wildman–Crippen LogP) is 1.28. The Kier molecular flexibility index (Phi) is 4.39. The smallest absolute Gasteiger partial charge is 0.220 e. The van der Waals surface area contributed by atoms with Crippen LogP contribution in [0.3, 0.4) is 0 Å². The van der Waals surface area contributed by atoms with Crippen molar-refractivity contribution in [2.45, 2.75) is 45.6 Å². The van der Waals surface area contributed by atoms with E-state index in [0.717, 1.165) is 12.3 Å². The second-order valence-corrected chi connectivity index (χ2v) is 4.69. The van der Waals surface area contributed by atoms with Crippen molar-refractivity contribution in [2.24, 2.45) is 17.6 Å². The highest BCUT2D eigenvalue weighted by atomic mass is 16.1. The van der Waals surface area contributed by atoms with E-state index in [0.29, 0.717) is 24.9 Å². The monoisotopic (exact) mass is 198 g/mol. The summed E-state index contributed by atoms with van der Waals surface area (Å²) in [5.41, 5.74) is 5.46. The molecule has 82 valence electrons. The molecule has 1 rings (SSSR count). The van der Waals surface area contributed by atoms with Crippen LogP contribution in [0.5, 0.6) is 0 Å². The lowest BCUT2D eigenvalue weighted by atomic mass is 10.1. The van der Waals surface area contributed by atoms with Crippen LogP contribution in [0.2, 0.25) is 0 Å². The molecule has 14 heavy (non-hydrogen) atoms.